The summed E-state index contributed by atoms with van der Waals surface area (Å²) in [6.07, 6.45) is 8.92. The Morgan fingerprint density at radius 1 is 1.07 bits per heavy atom. The van der Waals surface area contributed by atoms with E-state index in [-0.39, 0.29) is 5.70 Å². The van der Waals surface area contributed by atoms with Crippen LogP contribution < -0.4 is 0 Å². The van der Waals surface area contributed by atoms with Crippen LogP contribution in [0.25, 0.3) is 4.85 Å². The quantitative estimate of drug-likeness (QED) is 0.487. The van der Waals surface area contributed by atoms with Gasteiger partial charge in [-0.25, -0.2) is 10.1 Å². The molecule has 3 heterocycles. The van der Waals surface area contributed by atoms with Gasteiger partial charge < -0.3 is 19.6 Å². The SMILES string of the molecule is [C-]#[N+]C(C#N)=C(N(C)CCN1CCCCC1)N1CCC(CN2CCCC2C)CC1. The zero-order valence-corrected chi connectivity index (χ0v) is 18.4. The highest BCUT2D eigenvalue weighted by Crippen LogP contribution is 2.27. The molecule has 3 aliphatic heterocycles. The average molecular weight is 399 g/mol. The molecule has 0 saturated carbocycles. The van der Waals surface area contributed by atoms with Gasteiger partial charge in [-0.1, -0.05) is 6.42 Å². The van der Waals surface area contributed by atoms with E-state index >= 15 is 0 Å². The molecule has 6 nitrogen and oxygen atoms in total. The largest absolute Gasteiger partial charge is 0.368 e. The molecule has 0 aromatic heterocycles. The first-order valence-electron chi connectivity index (χ1n) is 11.6. The van der Waals surface area contributed by atoms with Crippen LogP contribution in [-0.2, 0) is 0 Å². The summed E-state index contributed by atoms with van der Waals surface area (Å²) in [5.41, 5.74) is 0.248. The van der Waals surface area contributed by atoms with Gasteiger partial charge in [0.1, 0.15) is 5.82 Å². The Bertz CT molecular complexity index is 615. The molecular formula is C23H38N6. The molecule has 0 aromatic rings. The van der Waals surface area contributed by atoms with Crippen LogP contribution in [0.15, 0.2) is 11.5 Å². The van der Waals surface area contributed by atoms with E-state index in [0.717, 1.165) is 56.8 Å². The first-order chi connectivity index (χ1) is 14.1. The fourth-order valence-corrected chi connectivity index (χ4v) is 5.20. The average Bonchev–Trinajstić information content (AvgIpc) is 3.16. The van der Waals surface area contributed by atoms with Gasteiger partial charge in [0.25, 0.3) is 0 Å². The lowest BCUT2D eigenvalue weighted by Gasteiger charge is -2.41. The standard InChI is InChI=1S/C23H38N6/c1-20-8-7-13-29(20)19-21-9-14-28(15-10-21)23(22(18-24)25-2)26(3)16-17-27-11-5-4-6-12-27/h20-21H,4-17,19H2,1,3H3. The maximum atomic E-state index is 9.57. The highest BCUT2D eigenvalue weighted by atomic mass is 15.3. The Kier molecular flexibility index (Phi) is 8.21. The van der Waals surface area contributed by atoms with E-state index in [4.69, 9.17) is 6.57 Å². The Balaban J connectivity index is 1.57. The van der Waals surface area contributed by atoms with Crippen LogP contribution in [0.5, 0.6) is 0 Å². The molecule has 6 heteroatoms. The second-order valence-electron chi connectivity index (χ2n) is 9.14. The fourth-order valence-electron chi connectivity index (χ4n) is 5.20. The van der Waals surface area contributed by atoms with Crippen LogP contribution in [0.2, 0.25) is 0 Å². The molecule has 1 unspecified atom stereocenters. The zero-order valence-electron chi connectivity index (χ0n) is 18.4. The van der Waals surface area contributed by atoms with E-state index in [1.165, 1.54) is 58.3 Å². The normalized spacial score (nSPS) is 25.4. The lowest BCUT2D eigenvalue weighted by molar-refractivity contribution is 0.130. The summed E-state index contributed by atoms with van der Waals surface area (Å²) < 4.78 is 0. The smallest absolute Gasteiger partial charge is 0.300 e. The van der Waals surface area contributed by atoms with Gasteiger partial charge in [-0.2, -0.15) is 0 Å². The van der Waals surface area contributed by atoms with Crippen LogP contribution in [0.1, 0.15) is 51.9 Å². The molecule has 3 aliphatic rings. The molecule has 0 bridgehead atoms. The van der Waals surface area contributed by atoms with E-state index in [2.05, 4.69) is 44.5 Å². The maximum Gasteiger partial charge on any atom is 0.300 e. The minimum atomic E-state index is 0.248. The summed E-state index contributed by atoms with van der Waals surface area (Å²) >= 11 is 0. The van der Waals surface area contributed by atoms with Gasteiger partial charge in [0, 0.05) is 45.8 Å². The van der Waals surface area contributed by atoms with Gasteiger partial charge in [-0.15, -0.1) is 0 Å². The summed E-state index contributed by atoms with van der Waals surface area (Å²) in [6, 6.07) is 2.90. The summed E-state index contributed by atoms with van der Waals surface area (Å²) in [4.78, 5) is 13.2. The first kappa shape index (κ1) is 21.9. The molecule has 0 amide bonds. The topological polar surface area (TPSA) is 41.1 Å². The van der Waals surface area contributed by atoms with E-state index in [0.29, 0.717) is 0 Å². The third-order valence-electron chi connectivity index (χ3n) is 7.09. The minimum absolute atomic E-state index is 0.248. The molecule has 3 rings (SSSR count). The third-order valence-corrected chi connectivity index (χ3v) is 7.09. The van der Waals surface area contributed by atoms with Crippen LogP contribution in [0, 0.1) is 23.8 Å². The number of nitriles is 1. The van der Waals surface area contributed by atoms with Crippen LogP contribution in [-0.4, -0.2) is 85.0 Å². The second kappa shape index (κ2) is 10.9. The van der Waals surface area contributed by atoms with Crippen molar-refractivity contribution in [3.8, 4) is 6.07 Å². The van der Waals surface area contributed by atoms with Gasteiger partial charge in [-0.3, -0.25) is 0 Å². The Hall–Kier alpha value is -1.76. The first-order valence-corrected chi connectivity index (χ1v) is 11.6. The van der Waals surface area contributed by atoms with Crippen molar-refractivity contribution in [1.29, 1.82) is 5.26 Å². The van der Waals surface area contributed by atoms with Crippen molar-refractivity contribution in [2.45, 2.75) is 57.9 Å². The molecule has 0 radical (unpaired) electrons. The summed E-state index contributed by atoms with van der Waals surface area (Å²) in [7, 11) is 2.06. The Morgan fingerprint density at radius 2 is 1.79 bits per heavy atom. The van der Waals surface area contributed by atoms with Crippen molar-refractivity contribution in [3.63, 3.8) is 0 Å². The van der Waals surface area contributed by atoms with Crippen molar-refractivity contribution in [2.75, 3.05) is 59.4 Å². The lowest BCUT2D eigenvalue weighted by atomic mass is 9.95. The molecule has 3 saturated heterocycles. The van der Waals surface area contributed by atoms with E-state index in [1.807, 2.05) is 0 Å². The second-order valence-corrected chi connectivity index (χ2v) is 9.14. The fraction of sp³-hybridized carbons (Fsp3) is 0.826. The van der Waals surface area contributed by atoms with Gasteiger partial charge in [0.05, 0.1) is 12.6 Å². The predicted octanol–water partition coefficient (Wildman–Crippen LogP) is 3.21. The maximum absolute atomic E-state index is 9.57. The highest BCUT2D eigenvalue weighted by molar-refractivity contribution is 5.32. The minimum Gasteiger partial charge on any atom is -0.368 e. The van der Waals surface area contributed by atoms with E-state index in [1.54, 1.807) is 0 Å². The molecule has 0 aliphatic carbocycles. The zero-order chi connectivity index (χ0) is 20.6. The molecule has 160 valence electrons. The predicted molar refractivity (Wildman–Crippen MR) is 117 cm³/mol. The van der Waals surface area contributed by atoms with Crippen molar-refractivity contribution < 1.29 is 0 Å². The third kappa shape index (κ3) is 5.87. The van der Waals surface area contributed by atoms with Crippen molar-refractivity contribution in [1.82, 2.24) is 19.6 Å². The van der Waals surface area contributed by atoms with E-state index in [9.17, 15) is 5.26 Å². The monoisotopic (exact) mass is 398 g/mol. The number of likely N-dealkylation sites (N-methyl/N-ethyl adjacent to an activating group) is 1. The summed E-state index contributed by atoms with van der Waals surface area (Å²) in [5.74, 6) is 1.60. The highest BCUT2D eigenvalue weighted by Gasteiger charge is 2.29. The summed E-state index contributed by atoms with van der Waals surface area (Å²) in [5, 5.41) is 9.57. The number of hydrogen-bond donors (Lipinski definition) is 0. The number of hydrogen-bond acceptors (Lipinski definition) is 5. The summed E-state index contributed by atoms with van der Waals surface area (Å²) in [6.45, 7) is 18.5. The Morgan fingerprint density at radius 3 is 2.38 bits per heavy atom. The Labute approximate surface area is 177 Å². The molecule has 29 heavy (non-hydrogen) atoms. The number of likely N-dealkylation sites (tertiary alicyclic amines) is 3. The number of piperidine rings is 2. The van der Waals surface area contributed by atoms with Crippen LogP contribution >= 0.6 is 0 Å². The molecule has 0 aromatic carbocycles. The van der Waals surface area contributed by atoms with Gasteiger partial charge in [0.15, 0.2) is 0 Å². The molecule has 0 N–H and O–H groups in total. The van der Waals surface area contributed by atoms with Gasteiger partial charge in [0.2, 0.25) is 0 Å². The van der Waals surface area contributed by atoms with E-state index < -0.39 is 0 Å². The van der Waals surface area contributed by atoms with Crippen LogP contribution in [0.4, 0.5) is 0 Å². The molecular weight excluding hydrogens is 360 g/mol. The van der Waals surface area contributed by atoms with Crippen LogP contribution in [0.3, 0.4) is 0 Å². The molecule has 0 spiro atoms. The number of nitrogens with zero attached hydrogens (tertiary/aromatic N) is 6. The van der Waals surface area contributed by atoms with Crippen molar-refractivity contribution >= 4 is 0 Å². The lowest BCUT2D eigenvalue weighted by Crippen LogP contribution is -2.44. The molecule has 1 atom stereocenters. The number of allylic oxidation sites excluding steroid dienone is 1. The molecule has 3 fully saturated rings. The van der Waals surface area contributed by atoms with Crippen molar-refractivity contribution in [2.24, 2.45) is 5.92 Å². The van der Waals surface area contributed by atoms with Crippen molar-refractivity contribution in [3.05, 3.63) is 22.9 Å². The van der Waals surface area contributed by atoms with Gasteiger partial charge >= 0.3 is 5.70 Å². The van der Waals surface area contributed by atoms with Gasteiger partial charge in [-0.05, 0) is 71.0 Å². The number of rotatable bonds is 7.